The van der Waals surface area contributed by atoms with Crippen LogP contribution in [0.3, 0.4) is 0 Å². The smallest absolute Gasteiger partial charge is 0.193 e. The molecule has 3 N–H and O–H groups in total. The number of hydrogen-bond acceptors (Lipinski definition) is 7. The van der Waals surface area contributed by atoms with Gasteiger partial charge in [-0.3, -0.25) is 9.59 Å². The number of rotatable bonds is 2. The number of fused-ring (bicyclic) bond motifs is 7. The molecule has 0 aromatic carbocycles. The number of halogens is 1. The highest BCUT2D eigenvalue weighted by molar-refractivity contribution is 6.01. The molecule has 1 aliphatic heterocycles. The lowest BCUT2D eigenvalue weighted by Crippen LogP contribution is -2.71. The van der Waals surface area contributed by atoms with E-state index in [4.69, 9.17) is 9.47 Å². The van der Waals surface area contributed by atoms with Gasteiger partial charge in [0.1, 0.15) is 6.61 Å². The Kier molecular flexibility index (Phi) is 4.44. The molecule has 0 spiro atoms. The van der Waals surface area contributed by atoms with Crippen molar-refractivity contribution in [3.8, 4) is 0 Å². The summed E-state index contributed by atoms with van der Waals surface area (Å²) in [4.78, 5) is 25.1. The van der Waals surface area contributed by atoms with Crippen LogP contribution >= 0.6 is 0 Å². The zero-order valence-electron chi connectivity index (χ0n) is 18.8. The molecule has 4 unspecified atom stereocenters. The minimum absolute atomic E-state index is 0.00979. The molecule has 1 saturated heterocycles. The van der Waals surface area contributed by atoms with Gasteiger partial charge in [-0.25, -0.2) is 4.39 Å². The fourth-order valence-electron chi connectivity index (χ4n) is 7.96. The highest BCUT2D eigenvalue weighted by atomic mass is 19.1. The monoisotopic (exact) mass is 450 g/mol. The van der Waals surface area contributed by atoms with Crippen molar-refractivity contribution in [3.05, 3.63) is 23.8 Å². The molecule has 0 amide bonds. The normalized spacial score (nSPS) is 53.2. The number of carbonyl (C=O) groups excluding carboxylic acids is 2. The van der Waals surface area contributed by atoms with Crippen molar-refractivity contribution in [3.63, 3.8) is 0 Å². The third-order valence-electron chi connectivity index (χ3n) is 9.22. The summed E-state index contributed by atoms with van der Waals surface area (Å²) < 4.78 is 29.5. The topological polar surface area (TPSA) is 113 Å². The Labute approximate surface area is 186 Å². The third-order valence-corrected chi connectivity index (χ3v) is 9.22. The number of carbonyl (C=O) groups is 2. The standard InChI is InChI=1S/C24H31FO7/c1-20(2)31-19-9-13-14-8-16(28)15-7-12(27)5-6-21(15,3)23(14,25)17(29)10-22(13,4)24(19,32-20)18(30)11-26/h5-7,13-14,16-17,19,26,28-29H,8-11H2,1-4H3/t13?,14-,16-,17+,19?,21+,22+,23?,24?/m1/s1. The first-order chi connectivity index (χ1) is 14.8. The van der Waals surface area contributed by atoms with Crippen molar-refractivity contribution < 1.29 is 38.8 Å². The van der Waals surface area contributed by atoms with Crippen LogP contribution in [0.4, 0.5) is 4.39 Å². The van der Waals surface area contributed by atoms with Crippen LogP contribution < -0.4 is 0 Å². The van der Waals surface area contributed by atoms with Gasteiger partial charge >= 0.3 is 0 Å². The molecule has 4 fully saturated rings. The van der Waals surface area contributed by atoms with Crippen LogP contribution in [0.25, 0.3) is 0 Å². The maximum Gasteiger partial charge on any atom is 0.193 e. The molecule has 7 nitrogen and oxygen atoms in total. The molecule has 0 bridgehead atoms. The summed E-state index contributed by atoms with van der Waals surface area (Å²) >= 11 is 0. The Morgan fingerprint density at radius 1 is 1.19 bits per heavy atom. The van der Waals surface area contributed by atoms with Crippen molar-refractivity contribution >= 4 is 11.6 Å². The van der Waals surface area contributed by atoms with Gasteiger partial charge in [-0.15, -0.1) is 0 Å². The van der Waals surface area contributed by atoms with Gasteiger partial charge in [-0.2, -0.15) is 0 Å². The van der Waals surface area contributed by atoms with E-state index in [1.54, 1.807) is 27.7 Å². The molecule has 9 atom stereocenters. The molecule has 1 heterocycles. The van der Waals surface area contributed by atoms with Crippen molar-refractivity contribution in [2.24, 2.45) is 22.7 Å². The molecule has 3 saturated carbocycles. The van der Waals surface area contributed by atoms with Crippen LogP contribution in [0.2, 0.25) is 0 Å². The lowest BCUT2D eigenvalue weighted by molar-refractivity contribution is -0.250. The molecule has 5 rings (SSSR count). The van der Waals surface area contributed by atoms with E-state index in [0.717, 1.165) is 0 Å². The van der Waals surface area contributed by atoms with Gasteiger partial charge in [0.25, 0.3) is 0 Å². The van der Waals surface area contributed by atoms with E-state index in [1.165, 1.54) is 18.2 Å². The molecular formula is C24H31FO7. The SMILES string of the molecule is CC1(C)OC2CC3[C@H]4C[C@@H](O)C5=CC(=O)C=C[C@]5(C)C4(F)[C@@H](O)C[C@]3(C)C2(C(=O)CO)O1. The van der Waals surface area contributed by atoms with E-state index in [0.29, 0.717) is 6.42 Å². The van der Waals surface area contributed by atoms with Crippen LogP contribution in [-0.2, 0) is 19.1 Å². The molecule has 4 aliphatic carbocycles. The summed E-state index contributed by atoms with van der Waals surface area (Å²) in [6.07, 6.45) is 1.02. The lowest BCUT2D eigenvalue weighted by atomic mass is 9.44. The van der Waals surface area contributed by atoms with Crippen molar-refractivity contribution in [1.29, 1.82) is 0 Å². The quantitative estimate of drug-likeness (QED) is 0.583. The van der Waals surface area contributed by atoms with Crippen LogP contribution in [0, 0.1) is 22.7 Å². The molecule has 32 heavy (non-hydrogen) atoms. The summed E-state index contributed by atoms with van der Waals surface area (Å²) in [5.41, 5.74) is -5.78. The maximum absolute atomic E-state index is 17.2. The highest BCUT2D eigenvalue weighted by Crippen LogP contribution is 2.72. The van der Waals surface area contributed by atoms with Gasteiger partial charge in [-0.1, -0.05) is 13.0 Å². The number of allylic oxidation sites excluding steroid dienone is 3. The van der Waals surface area contributed by atoms with Crippen molar-refractivity contribution in [2.45, 2.75) is 82.3 Å². The summed E-state index contributed by atoms with van der Waals surface area (Å²) in [6.45, 7) is 6.06. The number of aliphatic hydroxyl groups is 3. The summed E-state index contributed by atoms with van der Waals surface area (Å²) in [7, 11) is 0. The van der Waals surface area contributed by atoms with E-state index in [2.05, 4.69) is 0 Å². The number of ether oxygens (including phenoxy) is 2. The molecule has 0 aromatic rings. The summed E-state index contributed by atoms with van der Waals surface area (Å²) in [6, 6.07) is 0. The number of Topliss-reactive ketones (excluding diaryl/α,β-unsaturated/α-hetero) is 1. The minimum atomic E-state index is -2.16. The fraction of sp³-hybridized carbons (Fsp3) is 0.750. The van der Waals surface area contributed by atoms with Crippen LogP contribution in [0.5, 0.6) is 0 Å². The lowest BCUT2D eigenvalue weighted by Gasteiger charge is -2.63. The van der Waals surface area contributed by atoms with Gasteiger partial charge in [0.05, 0.1) is 18.3 Å². The van der Waals surface area contributed by atoms with Gasteiger partial charge < -0.3 is 24.8 Å². The van der Waals surface area contributed by atoms with Gasteiger partial charge in [0.15, 0.2) is 28.6 Å². The average molecular weight is 451 g/mol. The molecular weight excluding hydrogens is 419 g/mol. The maximum atomic E-state index is 17.2. The first kappa shape index (κ1) is 22.3. The van der Waals surface area contributed by atoms with E-state index in [9.17, 15) is 24.9 Å². The Bertz CT molecular complexity index is 958. The van der Waals surface area contributed by atoms with Gasteiger partial charge in [0, 0.05) is 16.7 Å². The fourth-order valence-corrected chi connectivity index (χ4v) is 7.96. The van der Waals surface area contributed by atoms with E-state index >= 15 is 4.39 Å². The zero-order valence-corrected chi connectivity index (χ0v) is 18.8. The van der Waals surface area contributed by atoms with E-state index in [1.807, 2.05) is 0 Å². The summed E-state index contributed by atoms with van der Waals surface area (Å²) in [5, 5.41) is 32.2. The Morgan fingerprint density at radius 3 is 2.53 bits per heavy atom. The van der Waals surface area contributed by atoms with Crippen LogP contribution in [0.15, 0.2) is 23.8 Å². The second kappa shape index (κ2) is 6.36. The average Bonchev–Trinajstić information content (AvgIpc) is 3.11. The Hall–Kier alpha value is -1.45. The van der Waals surface area contributed by atoms with Crippen molar-refractivity contribution in [1.82, 2.24) is 0 Å². The Morgan fingerprint density at radius 2 is 1.88 bits per heavy atom. The largest absolute Gasteiger partial charge is 0.390 e. The second-order valence-electron chi connectivity index (χ2n) is 11.1. The first-order valence-corrected chi connectivity index (χ1v) is 11.3. The predicted octanol–water partition coefficient (Wildman–Crippen LogP) is 1.39. The van der Waals surface area contributed by atoms with Crippen LogP contribution in [0.1, 0.15) is 47.0 Å². The van der Waals surface area contributed by atoms with Gasteiger partial charge in [0.2, 0.25) is 0 Å². The molecule has 0 radical (unpaired) electrons. The van der Waals surface area contributed by atoms with Crippen molar-refractivity contribution in [2.75, 3.05) is 6.61 Å². The number of aliphatic hydroxyl groups excluding tert-OH is 3. The summed E-state index contributed by atoms with van der Waals surface area (Å²) in [5.74, 6) is -3.19. The zero-order chi connectivity index (χ0) is 23.5. The molecule has 0 aromatic heterocycles. The Balaban J connectivity index is 1.66. The van der Waals surface area contributed by atoms with E-state index in [-0.39, 0.29) is 24.2 Å². The molecule has 5 aliphatic rings. The number of alkyl halides is 1. The van der Waals surface area contributed by atoms with Crippen LogP contribution in [-0.4, -0.2) is 68.9 Å². The third kappa shape index (κ3) is 2.32. The number of hydrogen-bond donors (Lipinski definition) is 3. The first-order valence-electron chi connectivity index (χ1n) is 11.3. The molecule has 8 heteroatoms. The molecule has 176 valence electrons. The minimum Gasteiger partial charge on any atom is -0.390 e. The second-order valence-corrected chi connectivity index (χ2v) is 11.1. The van der Waals surface area contributed by atoms with E-state index < -0.39 is 70.4 Å². The van der Waals surface area contributed by atoms with Gasteiger partial charge in [-0.05, 0) is 63.7 Å². The predicted molar refractivity (Wildman–Crippen MR) is 110 cm³/mol. The number of ketones is 2. The highest BCUT2D eigenvalue weighted by Gasteiger charge is 2.80.